The van der Waals surface area contributed by atoms with Crippen LogP contribution >= 0.6 is 17.5 Å². The van der Waals surface area contributed by atoms with Crippen molar-refractivity contribution in [2.75, 3.05) is 12.3 Å². The number of nitrogens with two attached hydrogens (primary N) is 1. The molecule has 0 spiro atoms. The van der Waals surface area contributed by atoms with Gasteiger partial charge in [0.1, 0.15) is 24.3 Å². The summed E-state index contributed by atoms with van der Waals surface area (Å²) in [4.78, 5) is 16.3. The predicted molar refractivity (Wildman–Crippen MR) is 159 cm³/mol. The lowest BCUT2D eigenvalue weighted by Crippen LogP contribution is -2.46. The summed E-state index contributed by atoms with van der Waals surface area (Å²) in [7, 11) is -2.11. The van der Waals surface area contributed by atoms with E-state index < -0.39 is 32.5 Å². The Morgan fingerprint density at radius 3 is 2.70 bits per heavy atom. The number of hydrogen-bond donors (Lipinski definition) is 2. The standard InChI is InChI=1S/C25H44N3O5PS2Si/c1-16(2)17-9-11-25(6,20(29)13-17)36-34(35)31-15-19-18(33-37(7,8)24(3,4)5)14-22(32-19)28-12-10-21(26)27-23(28)30/h10,12,17-20,22,29,34H,1,9,11,13-15H2,2-8H3,(H2,26,27,30)/t17-,18?,19+,20+,22+,25+/m0/s1. The Morgan fingerprint density at radius 2 is 2.14 bits per heavy atom. The minimum Gasteiger partial charge on any atom is -0.411 e. The van der Waals surface area contributed by atoms with Gasteiger partial charge in [0.25, 0.3) is 0 Å². The van der Waals surface area contributed by atoms with Gasteiger partial charge in [-0.3, -0.25) is 4.57 Å². The lowest BCUT2D eigenvalue weighted by atomic mass is 9.77. The van der Waals surface area contributed by atoms with Gasteiger partial charge in [0, 0.05) is 17.4 Å². The number of rotatable bonds is 9. The van der Waals surface area contributed by atoms with Crippen molar-refractivity contribution in [1.82, 2.24) is 9.55 Å². The summed E-state index contributed by atoms with van der Waals surface area (Å²) >= 11 is 7.37. The molecule has 2 aliphatic rings. The van der Waals surface area contributed by atoms with Gasteiger partial charge in [-0.1, -0.05) is 56.1 Å². The zero-order chi connectivity index (χ0) is 27.8. The maximum absolute atomic E-state index is 12.5. The molecule has 0 aromatic carbocycles. The Labute approximate surface area is 232 Å². The number of anilines is 1. The average molecular weight is 590 g/mol. The first-order valence-corrected chi connectivity index (χ1v) is 19.9. The van der Waals surface area contributed by atoms with Crippen LogP contribution in [0.3, 0.4) is 0 Å². The molecule has 1 aromatic heterocycles. The van der Waals surface area contributed by atoms with Crippen molar-refractivity contribution in [2.45, 2.75) is 108 Å². The summed E-state index contributed by atoms with van der Waals surface area (Å²) in [6, 6.07) is 1.59. The topological polar surface area (TPSA) is 109 Å². The summed E-state index contributed by atoms with van der Waals surface area (Å²) in [6.07, 6.45) is 1.43. The van der Waals surface area contributed by atoms with Crippen LogP contribution in [0, 0.1) is 5.92 Å². The van der Waals surface area contributed by atoms with Crippen molar-refractivity contribution >= 4 is 43.4 Å². The van der Waals surface area contributed by atoms with Gasteiger partial charge < -0.3 is 24.5 Å². The van der Waals surface area contributed by atoms with Gasteiger partial charge in [-0.15, -0.1) is 0 Å². The quantitative estimate of drug-likeness (QED) is 0.227. The molecule has 0 bridgehead atoms. The summed E-state index contributed by atoms with van der Waals surface area (Å²) in [6.45, 7) is 19.5. The molecular formula is C25H44N3O5PS2Si. The zero-order valence-corrected chi connectivity index (χ0v) is 26.8. The molecule has 210 valence electrons. The normalized spacial score (nSPS) is 31.8. The number of aliphatic hydroxyl groups is 1. The van der Waals surface area contributed by atoms with Crippen molar-refractivity contribution in [1.29, 1.82) is 0 Å². The second-order valence-electron chi connectivity index (χ2n) is 12.1. The van der Waals surface area contributed by atoms with Gasteiger partial charge in [0.2, 0.25) is 0 Å². The molecular weight excluding hydrogens is 545 g/mol. The van der Waals surface area contributed by atoms with E-state index in [4.69, 9.17) is 31.2 Å². The summed E-state index contributed by atoms with van der Waals surface area (Å²) < 4.78 is 20.4. The van der Waals surface area contributed by atoms with Crippen molar-refractivity contribution in [2.24, 2.45) is 5.92 Å². The molecule has 0 amide bonds. The van der Waals surface area contributed by atoms with Gasteiger partial charge >= 0.3 is 5.69 Å². The number of hydrogen-bond acceptors (Lipinski definition) is 9. The smallest absolute Gasteiger partial charge is 0.351 e. The Balaban J connectivity index is 1.70. The van der Waals surface area contributed by atoms with Gasteiger partial charge in [0.05, 0.1) is 18.8 Å². The summed E-state index contributed by atoms with van der Waals surface area (Å²) in [5, 5.41) is 10.9. The van der Waals surface area contributed by atoms with Crippen molar-refractivity contribution in [3.63, 3.8) is 0 Å². The fraction of sp³-hybridized carbons (Fsp3) is 0.760. The second-order valence-corrected chi connectivity index (χ2v) is 22.4. The monoisotopic (exact) mass is 589 g/mol. The summed E-state index contributed by atoms with van der Waals surface area (Å²) in [5.74, 6) is 0.533. The van der Waals surface area contributed by atoms with Crippen LogP contribution in [0.15, 0.2) is 29.2 Å². The van der Waals surface area contributed by atoms with Crippen LogP contribution in [0.1, 0.15) is 66.5 Å². The summed E-state index contributed by atoms with van der Waals surface area (Å²) in [5.41, 5.74) is 6.35. The van der Waals surface area contributed by atoms with E-state index in [1.54, 1.807) is 23.6 Å². The van der Waals surface area contributed by atoms with Crippen LogP contribution in [0.5, 0.6) is 0 Å². The number of ether oxygens (including phenoxy) is 1. The van der Waals surface area contributed by atoms with Crippen molar-refractivity contribution in [3.8, 4) is 0 Å². The van der Waals surface area contributed by atoms with Gasteiger partial charge in [-0.25, -0.2) is 4.79 Å². The fourth-order valence-electron chi connectivity index (χ4n) is 4.55. The van der Waals surface area contributed by atoms with E-state index >= 15 is 0 Å². The molecule has 1 aliphatic heterocycles. The van der Waals surface area contributed by atoms with Gasteiger partial charge in [0.15, 0.2) is 8.32 Å². The molecule has 8 nitrogen and oxygen atoms in total. The first kappa shape index (κ1) is 31.0. The molecule has 3 N–H and O–H groups in total. The highest BCUT2D eigenvalue weighted by atomic mass is 32.9. The molecule has 7 atom stereocenters. The van der Waals surface area contributed by atoms with E-state index in [1.165, 1.54) is 4.57 Å². The largest absolute Gasteiger partial charge is 0.411 e. The van der Waals surface area contributed by atoms with Crippen LogP contribution in [0.2, 0.25) is 18.1 Å². The highest BCUT2D eigenvalue weighted by Gasteiger charge is 2.46. The molecule has 3 rings (SSSR count). The molecule has 0 radical (unpaired) electrons. The first-order valence-electron chi connectivity index (χ1n) is 12.9. The lowest BCUT2D eigenvalue weighted by molar-refractivity contribution is -0.0364. The van der Waals surface area contributed by atoms with Crippen LogP contribution in [0.4, 0.5) is 5.82 Å². The minimum atomic E-state index is -2.11. The number of allylic oxidation sites excluding steroid dienone is 1. The SMILES string of the molecule is C=C(C)[C@H]1CC[C@@](C)(S[PH](=S)OC[C@H]2O[C@@H](n3ccc(N)nc3=O)CC2O[Si](C)(C)C(C)(C)C)[C@H](O)C1. The van der Waals surface area contributed by atoms with Crippen molar-refractivity contribution < 1.29 is 18.8 Å². The van der Waals surface area contributed by atoms with E-state index in [0.29, 0.717) is 18.8 Å². The van der Waals surface area contributed by atoms with Crippen LogP contribution < -0.4 is 11.4 Å². The molecule has 37 heavy (non-hydrogen) atoms. The first-order chi connectivity index (χ1) is 17.0. The van der Waals surface area contributed by atoms with Crippen LogP contribution in [-0.4, -0.2) is 52.6 Å². The molecule has 2 unspecified atom stereocenters. The molecule has 1 saturated carbocycles. The van der Waals surface area contributed by atoms with Gasteiger partial charge in [-0.05, 0) is 63.2 Å². The van der Waals surface area contributed by atoms with Crippen molar-refractivity contribution in [3.05, 3.63) is 34.9 Å². The fourth-order valence-corrected chi connectivity index (χ4v) is 11.3. The van der Waals surface area contributed by atoms with E-state index in [-0.39, 0.29) is 34.4 Å². The van der Waals surface area contributed by atoms with E-state index in [2.05, 4.69) is 52.4 Å². The molecule has 1 aliphatic carbocycles. The highest BCUT2D eigenvalue weighted by molar-refractivity contribution is 8.63. The zero-order valence-electron chi connectivity index (χ0n) is 23.2. The second kappa shape index (κ2) is 11.9. The third-order valence-electron chi connectivity index (χ3n) is 8.18. The molecule has 1 saturated heterocycles. The highest BCUT2D eigenvalue weighted by Crippen LogP contribution is 2.55. The third kappa shape index (κ3) is 7.57. The predicted octanol–water partition coefficient (Wildman–Crippen LogP) is 5.26. The Hall–Kier alpha value is -0.523. The maximum Gasteiger partial charge on any atom is 0.351 e. The Morgan fingerprint density at radius 1 is 1.46 bits per heavy atom. The molecule has 1 aromatic rings. The maximum atomic E-state index is 12.5. The Kier molecular flexibility index (Phi) is 9.99. The van der Waals surface area contributed by atoms with E-state index in [0.717, 1.165) is 18.4 Å². The minimum absolute atomic E-state index is 0.0201. The lowest BCUT2D eigenvalue weighted by Gasteiger charge is -2.41. The van der Waals surface area contributed by atoms with Crippen LogP contribution in [-0.2, 0) is 25.5 Å². The number of nitrogens with zero attached hydrogens (tertiary/aromatic N) is 2. The van der Waals surface area contributed by atoms with E-state index in [9.17, 15) is 9.90 Å². The van der Waals surface area contributed by atoms with E-state index in [1.807, 2.05) is 6.92 Å². The Bertz CT molecular complexity index is 1070. The molecule has 12 heteroatoms. The third-order valence-corrected chi connectivity index (χ3v) is 17.5. The number of aromatic nitrogens is 2. The number of nitrogen functional groups attached to an aromatic ring is 1. The average Bonchev–Trinajstić information content (AvgIpc) is 3.15. The van der Waals surface area contributed by atoms with Crippen LogP contribution in [0.25, 0.3) is 0 Å². The molecule has 2 heterocycles. The number of aliphatic hydroxyl groups excluding tert-OH is 1. The van der Waals surface area contributed by atoms with Gasteiger partial charge in [-0.2, -0.15) is 4.98 Å². The molecule has 2 fully saturated rings.